The van der Waals surface area contributed by atoms with Crippen LogP contribution in [0, 0.1) is 17.2 Å². The van der Waals surface area contributed by atoms with Gasteiger partial charge in [-0.1, -0.05) is 13.3 Å². The molecule has 2 rings (SSSR count). The third kappa shape index (κ3) is 1.58. The molecular weight excluding hydrogens is 176 g/mol. The predicted molar refractivity (Wildman–Crippen MR) is 53.7 cm³/mol. The van der Waals surface area contributed by atoms with E-state index in [-0.39, 0.29) is 0 Å². The average molecular weight is 190 g/mol. The van der Waals surface area contributed by atoms with Crippen molar-refractivity contribution in [3.05, 3.63) is 11.8 Å². The number of hydrogen-bond acceptors (Lipinski definition) is 3. The van der Waals surface area contributed by atoms with E-state index in [1.54, 1.807) is 6.20 Å². The zero-order chi connectivity index (χ0) is 9.97. The summed E-state index contributed by atoms with van der Waals surface area (Å²) in [6, 6.07) is 2.60. The highest BCUT2D eigenvalue weighted by Gasteiger charge is 2.24. The Morgan fingerprint density at radius 3 is 3.14 bits per heavy atom. The number of H-pyrrole nitrogens is 1. The Labute approximate surface area is 83.3 Å². The molecule has 1 aromatic rings. The molecular formula is C10H14N4. The summed E-state index contributed by atoms with van der Waals surface area (Å²) in [5.41, 5.74) is 0.601. The van der Waals surface area contributed by atoms with Gasteiger partial charge in [0.05, 0.1) is 6.20 Å². The largest absolute Gasteiger partial charge is 0.366 e. The molecule has 14 heavy (non-hydrogen) atoms. The second-order valence-corrected chi connectivity index (χ2v) is 3.93. The zero-order valence-corrected chi connectivity index (χ0v) is 8.25. The lowest BCUT2D eigenvalue weighted by Crippen LogP contribution is -2.22. The van der Waals surface area contributed by atoms with Crippen molar-refractivity contribution in [3.63, 3.8) is 0 Å². The Balaban J connectivity index is 2.07. The lowest BCUT2D eigenvalue weighted by molar-refractivity contribution is 0.554. The number of nitrogens with one attached hydrogen (secondary N) is 2. The topological polar surface area (TPSA) is 64.5 Å². The average Bonchev–Trinajstić information content (AvgIpc) is 2.77. The molecule has 0 radical (unpaired) electrons. The van der Waals surface area contributed by atoms with Gasteiger partial charge in [-0.2, -0.15) is 10.4 Å². The first-order chi connectivity index (χ1) is 6.81. The Morgan fingerprint density at radius 1 is 1.64 bits per heavy atom. The van der Waals surface area contributed by atoms with Crippen molar-refractivity contribution in [2.75, 3.05) is 5.32 Å². The SMILES string of the molecule is CC1CCCC1Nc1[nH]ncc1C#N. The molecule has 1 aromatic heterocycles. The fourth-order valence-corrected chi connectivity index (χ4v) is 2.03. The smallest absolute Gasteiger partial charge is 0.139 e. The van der Waals surface area contributed by atoms with Crippen molar-refractivity contribution < 1.29 is 0 Å². The molecule has 4 heteroatoms. The molecule has 1 aliphatic carbocycles. The maximum atomic E-state index is 8.80. The van der Waals surface area contributed by atoms with Crippen molar-refractivity contribution in [3.8, 4) is 6.07 Å². The Bertz CT molecular complexity index is 349. The third-order valence-corrected chi connectivity index (χ3v) is 2.95. The molecule has 1 aliphatic rings. The van der Waals surface area contributed by atoms with Gasteiger partial charge in [-0.3, -0.25) is 5.10 Å². The Hall–Kier alpha value is -1.50. The summed E-state index contributed by atoms with van der Waals surface area (Å²) in [5.74, 6) is 1.45. The molecule has 0 aliphatic heterocycles. The standard InChI is InChI=1S/C10H14N4/c1-7-3-2-4-9(7)13-10-8(5-11)6-12-14-10/h6-7,9H,2-4H2,1H3,(H2,12,13,14). The van der Waals surface area contributed by atoms with Gasteiger partial charge < -0.3 is 5.32 Å². The summed E-state index contributed by atoms with van der Waals surface area (Å²) in [5, 5.41) is 18.8. The lowest BCUT2D eigenvalue weighted by atomic mass is 10.1. The van der Waals surface area contributed by atoms with Crippen LogP contribution in [0.1, 0.15) is 31.7 Å². The highest BCUT2D eigenvalue weighted by Crippen LogP contribution is 2.28. The van der Waals surface area contributed by atoms with Crippen molar-refractivity contribution in [2.24, 2.45) is 5.92 Å². The van der Waals surface area contributed by atoms with Gasteiger partial charge in [0.15, 0.2) is 0 Å². The minimum Gasteiger partial charge on any atom is -0.366 e. The molecule has 1 saturated carbocycles. The quantitative estimate of drug-likeness (QED) is 0.748. The summed E-state index contributed by atoms with van der Waals surface area (Å²) in [6.45, 7) is 2.24. The summed E-state index contributed by atoms with van der Waals surface area (Å²) in [7, 11) is 0. The highest BCUT2D eigenvalue weighted by atomic mass is 15.2. The molecule has 0 spiro atoms. The molecule has 0 amide bonds. The summed E-state index contributed by atoms with van der Waals surface area (Å²) >= 11 is 0. The minimum absolute atomic E-state index is 0.488. The van der Waals surface area contributed by atoms with E-state index in [9.17, 15) is 0 Å². The molecule has 2 N–H and O–H groups in total. The maximum absolute atomic E-state index is 8.80. The van der Waals surface area contributed by atoms with Crippen molar-refractivity contribution in [2.45, 2.75) is 32.2 Å². The van der Waals surface area contributed by atoms with Gasteiger partial charge in [-0.05, 0) is 18.8 Å². The van der Waals surface area contributed by atoms with Gasteiger partial charge >= 0.3 is 0 Å². The fraction of sp³-hybridized carbons (Fsp3) is 0.600. The van der Waals surface area contributed by atoms with E-state index in [1.807, 2.05) is 0 Å². The van der Waals surface area contributed by atoms with E-state index >= 15 is 0 Å². The lowest BCUT2D eigenvalue weighted by Gasteiger charge is -2.17. The molecule has 0 bridgehead atoms. The maximum Gasteiger partial charge on any atom is 0.139 e. The van der Waals surface area contributed by atoms with Crippen molar-refractivity contribution in [1.82, 2.24) is 10.2 Å². The highest BCUT2D eigenvalue weighted by molar-refractivity contribution is 5.50. The van der Waals surface area contributed by atoms with Gasteiger partial charge in [0, 0.05) is 6.04 Å². The van der Waals surface area contributed by atoms with Crippen molar-refractivity contribution >= 4 is 5.82 Å². The van der Waals surface area contributed by atoms with E-state index in [1.165, 1.54) is 19.3 Å². The number of anilines is 1. The van der Waals surface area contributed by atoms with Gasteiger partial charge in [0.25, 0.3) is 0 Å². The van der Waals surface area contributed by atoms with Gasteiger partial charge in [0.1, 0.15) is 17.5 Å². The normalized spacial score (nSPS) is 26.0. The van der Waals surface area contributed by atoms with E-state index in [0.717, 1.165) is 5.82 Å². The summed E-state index contributed by atoms with van der Waals surface area (Å²) in [6.07, 6.45) is 5.29. The number of aromatic nitrogens is 2. The van der Waals surface area contributed by atoms with Crippen molar-refractivity contribution in [1.29, 1.82) is 5.26 Å². The number of rotatable bonds is 2. The summed E-state index contributed by atoms with van der Waals surface area (Å²) in [4.78, 5) is 0. The Kier molecular flexibility index (Phi) is 2.40. The van der Waals surface area contributed by atoms with Gasteiger partial charge in [-0.25, -0.2) is 0 Å². The fourth-order valence-electron chi connectivity index (χ4n) is 2.03. The molecule has 1 heterocycles. The van der Waals surface area contributed by atoms with Crippen LogP contribution < -0.4 is 5.32 Å². The molecule has 1 fully saturated rings. The first-order valence-corrected chi connectivity index (χ1v) is 5.01. The number of nitrogens with zero attached hydrogens (tertiary/aromatic N) is 2. The predicted octanol–water partition coefficient (Wildman–Crippen LogP) is 1.88. The van der Waals surface area contributed by atoms with Crippen LogP contribution >= 0.6 is 0 Å². The van der Waals surface area contributed by atoms with Crippen LogP contribution in [0.4, 0.5) is 5.82 Å². The number of nitriles is 1. The Morgan fingerprint density at radius 2 is 2.50 bits per heavy atom. The molecule has 0 aromatic carbocycles. The van der Waals surface area contributed by atoms with Crippen LogP contribution in [0.2, 0.25) is 0 Å². The second-order valence-electron chi connectivity index (χ2n) is 3.93. The van der Waals surface area contributed by atoms with Crippen LogP contribution in [-0.4, -0.2) is 16.2 Å². The molecule has 0 saturated heterocycles. The molecule has 2 atom stereocenters. The second kappa shape index (κ2) is 3.70. The van der Waals surface area contributed by atoms with Gasteiger partial charge in [-0.15, -0.1) is 0 Å². The third-order valence-electron chi connectivity index (χ3n) is 2.95. The van der Waals surface area contributed by atoms with E-state index in [4.69, 9.17) is 5.26 Å². The molecule has 74 valence electrons. The summed E-state index contributed by atoms with van der Waals surface area (Å²) < 4.78 is 0. The monoisotopic (exact) mass is 190 g/mol. The minimum atomic E-state index is 0.488. The van der Waals surface area contributed by atoms with Crippen LogP contribution in [0.5, 0.6) is 0 Å². The first kappa shape index (κ1) is 9.07. The van der Waals surface area contributed by atoms with E-state index in [2.05, 4.69) is 28.5 Å². The van der Waals surface area contributed by atoms with Crippen LogP contribution in [0.3, 0.4) is 0 Å². The molecule has 4 nitrogen and oxygen atoms in total. The van der Waals surface area contributed by atoms with Crippen LogP contribution in [0.25, 0.3) is 0 Å². The number of hydrogen-bond donors (Lipinski definition) is 2. The van der Waals surface area contributed by atoms with Crippen LogP contribution in [0.15, 0.2) is 6.20 Å². The van der Waals surface area contributed by atoms with Crippen LogP contribution in [-0.2, 0) is 0 Å². The first-order valence-electron chi connectivity index (χ1n) is 5.01. The molecule has 2 unspecified atom stereocenters. The van der Waals surface area contributed by atoms with Gasteiger partial charge in [0.2, 0.25) is 0 Å². The number of aromatic amines is 1. The zero-order valence-electron chi connectivity index (χ0n) is 8.25. The van der Waals surface area contributed by atoms with E-state index in [0.29, 0.717) is 17.5 Å². The van der Waals surface area contributed by atoms with E-state index < -0.39 is 0 Å².